The molecule has 1 N–H and O–H groups in total. The number of hydrogen-bond acceptors (Lipinski definition) is 3. The summed E-state index contributed by atoms with van der Waals surface area (Å²) in [6, 6.07) is 10.6. The van der Waals surface area contributed by atoms with E-state index in [9.17, 15) is 9.59 Å². The number of allylic oxidation sites excluding steroid dienone is 1. The minimum atomic E-state index is -0.310. The number of carbonyl (C=O) groups is 2. The van der Waals surface area contributed by atoms with E-state index in [0.29, 0.717) is 11.3 Å². The van der Waals surface area contributed by atoms with Crippen LogP contribution < -0.4 is 5.32 Å². The molecule has 1 aromatic heterocycles. The molecule has 0 fully saturated rings. The van der Waals surface area contributed by atoms with Gasteiger partial charge in [0.25, 0.3) is 5.91 Å². The summed E-state index contributed by atoms with van der Waals surface area (Å²) in [6.07, 6.45) is 1.32. The van der Waals surface area contributed by atoms with Crippen LogP contribution in [-0.4, -0.2) is 11.7 Å². The lowest BCUT2D eigenvalue weighted by atomic mass is 10.1. The Balaban J connectivity index is 2.00. The van der Waals surface area contributed by atoms with Gasteiger partial charge in [-0.1, -0.05) is 18.2 Å². The third-order valence-electron chi connectivity index (χ3n) is 2.97. The summed E-state index contributed by atoms with van der Waals surface area (Å²) in [4.78, 5) is 23.9. The maximum atomic E-state index is 12.0. The van der Waals surface area contributed by atoms with E-state index in [1.165, 1.54) is 6.08 Å². The van der Waals surface area contributed by atoms with Gasteiger partial charge in [-0.2, -0.15) is 0 Å². The van der Waals surface area contributed by atoms with Crippen molar-refractivity contribution in [2.75, 3.05) is 5.32 Å². The van der Waals surface area contributed by atoms with Gasteiger partial charge < -0.3 is 9.73 Å². The number of benzene rings is 1. The Morgan fingerprint density at radius 2 is 2.00 bits per heavy atom. The van der Waals surface area contributed by atoms with Crippen LogP contribution in [-0.2, 0) is 4.79 Å². The fourth-order valence-electron chi connectivity index (χ4n) is 2.05. The quantitative estimate of drug-likeness (QED) is 0.661. The Kier molecular flexibility index (Phi) is 2.56. The van der Waals surface area contributed by atoms with Gasteiger partial charge in [0.1, 0.15) is 5.76 Å². The van der Waals surface area contributed by atoms with Crippen molar-refractivity contribution in [2.45, 2.75) is 6.92 Å². The van der Waals surface area contributed by atoms with Gasteiger partial charge in [0.15, 0.2) is 5.76 Å². The van der Waals surface area contributed by atoms with E-state index in [1.807, 2.05) is 12.1 Å². The van der Waals surface area contributed by atoms with E-state index in [0.717, 1.165) is 11.3 Å². The lowest BCUT2D eigenvalue weighted by molar-refractivity contribution is -0.110. The first-order valence-corrected chi connectivity index (χ1v) is 5.88. The molecule has 0 aliphatic carbocycles. The zero-order valence-electron chi connectivity index (χ0n) is 10.3. The van der Waals surface area contributed by atoms with E-state index in [1.54, 1.807) is 31.2 Å². The summed E-state index contributed by atoms with van der Waals surface area (Å²) < 4.78 is 5.25. The maximum Gasteiger partial charge on any atom is 0.256 e. The average Bonchev–Trinajstić information content (AvgIpc) is 2.95. The molecule has 0 spiro atoms. The van der Waals surface area contributed by atoms with Crippen molar-refractivity contribution in [1.82, 2.24) is 0 Å². The lowest BCUT2D eigenvalue weighted by Gasteiger charge is -1.96. The Labute approximate surface area is 109 Å². The normalized spacial score (nSPS) is 15.4. The molecule has 1 aliphatic rings. The van der Waals surface area contributed by atoms with E-state index in [4.69, 9.17) is 4.42 Å². The SMILES string of the molecule is Cc1ccc(C(=O)/C=C2/C(=O)Nc3ccccc32)o1. The highest BCUT2D eigenvalue weighted by atomic mass is 16.3. The monoisotopic (exact) mass is 253 g/mol. The molecular formula is C15H11NO3. The molecule has 0 saturated heterocycles. The third kappa shape index (κ3) is 1.97. The van der Waals surface area contributed by atoms with Crippen LogP contribution in [0.2, 0.25) is 0 Å². The van der Waals surface area contributed by atoms with Crippen LogP contribution >= 0.6 is 0 Å². The average molecular weight is 253 g/mol. The number of fused-ring (bicyclic) bond motifs is 1. The maximum absolute atomic E-state index is 12.0. The number of rotatable bonds is 2. The molecule has 0 radical (unpaired) electrons. The minimum Gasteiger partial charge on any atom is -0.458 e. The Morgan fingerprint density at radius 1 is 1.21 bits per heavy atom. The summed E-state index contributed by atoms with van der Waals surface area (Å²) in [7, 11) is 0. The predicted molar refractivity (Wildman–Crippen MR) is 70.8 cm³/mol. The Hall–Kier alpha value is -2.62. The first kappa shape index (κ1) is 11.5. The van der Waals surface area contributed by atoms with E-state index in [2.05, 4.69) is 5.32 Å². The molecule has 2 aromatic rings. The van der Waals surface area contributed by atoms with Crippen LogP contribution in [0, 0.1) is 6.92 Å². The molecule has 4 heteroatoms. The van der Waals surface area contributed by atoms with Gasteiger partial charge >= 0.3 is 0 Å². The highest BCUT2D eigenvalue weighted by Gasteiger charge is 2.24. The van der Waals surface area contributed by atoms with Gasteiger partial charge in [-0.15, -0.1) is 0 Å². The Bertz CT molecular complexity index is 710. The molecule has 1 aromatic carbocycles. The smallest absolute Gasteiger partial charge is 0.256 e. The van der Waals surface area contributed by atoms with Crippen molar-refractivity contribution < 1.29 is 14.0 Å². The van der Waals surface area contributed by atoms with Crippen molar-refractivity contribution in [3.63, 3.8) is 0 Å². The molecule has 0 bridgehead atoms. The molecule has 19 heavy (non-hydrogen) atoms. The van der Waals surface area contributed by atoms with Crippen molar-refractivity contribution in [1.29, 1.82) is 0 Å². The molecule has 2 heterocycles. The molecule has 0 saturated carbocycles. The largest absolute Gasteiger partial charge is 0.458 e. The third-order valence-corrected chi connectivity index (χ3v) is 2.97. The first-order chi connectivity index (χ1) is 9.15. The summed E-state index contributed by atoms with van der Waals surface area (Å²) >= 11 is 0. The molecule has 0 unspecified atom stereocenters. The van der Waals surface area contributed by atoms with Crippen LogP contribution in [0.15, 0.2) is 46.9 Å². The van der Waals surface area contributed by atoms with E-state index in [-0.39, 0.29) is 17.5 Å². The predicted octanol–water partition coefficient (Wildman–Crippen LogP) is 2.81. The van der Waals surface area contributed by atoms with Gasteiger partial charge in [0.2, 0.25) is 5.78 Å². The Morgan fingerprint density at radius 3 is 2.74 bits per heavy atom. The highest BCUT2D eigenvalue weighted by Crippen LogP contribution is 2.31. The number of ketones is 1. The van der Waals surface area contributed by atoms with Crippen molar-refractivity contribution in [2.24, 2.45) is 0 Å². The molecule has 4 nitrogen and oxygen atoms in total. The standard InChI is InChI=1S/C15H11NO3/c1-9-6-7-14(19-9)13(17)8-11-10-4-2-3-5-12(10)16-15(11)18/h2-8H,1H3,(H,16,18)/b11-8+. The number of anilines is 1. The van der Waals surface area contributed by atoms with Crippen molar-refractivity contribution in [3.05, 3.63) is 59.6 Å². The molecule has 0 atom stereocenters. The van der Waals surface area contributed by atoms with Crippen LogP contribution in [0.1, 0.15) is 21.9 Å². The van der Waals surface area contributed by atoms with Crippen molar-refractivity contribution in [3.8, 4) is 0 Å². The number of carbonyl (C=O) groups excluding carboxylic acids is 2. The molecule has 1 amide bonds. The lowest BCUT2D eigenvalue weighted by Crippen LogP contribution is -2.05. The zero-order valence-corrected chi connectivity index (χ0v) is 10.3. The van der Waals surface area contributed by atoms with Gasteiger partial charge in [-0.25, -0.2) is 0 Å². The van der Waals surface area contributed by atoms with Crippen LogP contribution in [0.4, 0.5) is 5.69 Å². The van der Waals surface area contributed by atoms with Crippen molar-refractivity contribution >= 4 is 23.0 Å². The molecule has 94 valence electrons. The van der Waals surface area contributed by atoms with Gasteiger partial charge in [0, 0.05) is 17.3 Å². The van der Waals surface area contributed by atoms with E-state index < -0.39 is 0 Å². The first-order valence-electron chi connectivity index (χ1n) is 5.88. The number of para-hydroxylation sites is 1. The van der Waals surface area contributed by atoms with E-state index >= 15 is 0 Å². The number of hydrogen-bond donors (Lipinski definition) is 1. The van der Waals surface area contributed by atoms with Crippen LogP contribution in [0.5, 0.6) is 0 Å². The fraction of sp³-hybridized carbons (Fsp3) is 0.0667. The molecule has 3 rings (SSSR count). The highest BCUT2D eigenvalue weighted by molar-refractivity contribution is 6.34. The minimum absolute atomic E-state index is 0.238. The molecular weight excluding hydrogens is 242 g/mol. The van der Waals surface area contributed by atoms with Gasteiger partial charge in [-0.3, -0.25) is 9.59 Å². The number of aryl methyl sites for hydroxylation is 1. The van der Waals surface area contributed by atoms with Crippen LogP contribution in [0.3, 0.4) is 0 Å². The zero-order chi connectivity index (χ0) is 13.4. The number of nitrogens with one attached hydrogen (secondary N) is 1. The summed E-state index contributed by atoms with van der Waals surface area (Å²) in [5, 5.41) is 2.72. The van der Waals surface area contributed by atoms with Crippen LogP contribution in [0.25, 0.3) is 5.57 Å². The number of furan rings is 1. The summed E-state index contributed by atoms with van der Waals surface area (Å²) in [5.41, 5.74) is 1.83. The summed E-state index contributed by atoms with van der Waals surface area (Å²) in [6.45, 7) is 1.77. The van der Waals surface area contributed by atoms with Gasteiger partial charge in [-0.05, 0) is 25.1 Å². The second-order valence-electron chi connectivity index (χ2n) is 4.33. The summed E-state index contributed by atoms with van der Waals surface area (Å²) in [5.74, 6) is 0.327. The molecule has 1 aliphatic heterocycles. The van der Waals surface area contributed by atoms with Gasteiger partial charge in [0.05, 0.1) is 5.57 Å². The fourth-order valence-corrected chi connectivity index (χ4v) is 2.05. The topological polar surface area (TPSA) is 59.3 Å². The second kappa shape index (κ2) is 4.24. The number of amides is 1. The second-order valence-corrected chi connectivity index (χ2v) is 4.33.